The smallest absolute Gasteiger partial charge is 0.203 e. The molecule has 1 aromatic carbocycles. The van der Waals surface area contributed by atoms with Crippen LogP contribution in [0, 0.1) is 5.41 Å². The highest BCUT2D eigenvalue weighted by Crippen LogP contribution is 2.45. The zero-order chi connectivity index (χ0) is 14.6. The van der Waals surface area contributed by atoms with Crippen molar-refractivity contribution in [3.05, 3.63) is 17.7 Å². The average molecular weight is 267 g/mol. The molecule has 0 saturated carbocycles. The first-order valence-corrected chi connectivity index (χ1v) is 6.36. The van der Waals surface area contributed by atoms with Gasteiger partial charge in [0.05, 0.1) is 21.3 Å². The van der Waals surface area contributed by atoms with Crippen LogP contribution in [0.2, 0.25) is 0 Å². The predicted molar refractivity (Wildman–Crippen MR) is 77.4 cm³/mol. The van der Waals surface area contributed by atoms with Crippen molar-refractivity contribution >= 4 is 0 Å². The van der Waals surface area contributed by atoms with Gasteiger partial charge in [0, 0.05) is 11.6 Å². The van der Waals surface area contributed by atoms with Gasteiger partial charge in [0.25, 0.3) is 0 Å². The van der Waals surface area contributed by atoms with Gasteiger partial charge in [0.15, 0.2) is 11.5 Å². The van der Waals surface area contributed by atoms with Crippen LogP contribution in [0.5, 0.6) is 17.2 Å². The minimum Gasteiger partial charge on any atom is -0.493 e. The Bertz CT molecular complexity index is 424. The number of nitrogens with one attached hydrogen (secondary N) is 1. The standard InChI is InChI=1S/C15H25NO3/c1-15(2,3)14(16-4)10-8-9-11(17-5)13(19-7)12(10)18-6/h8-9,14,16H,1-7H3. The summed E-state index contributed by atoms with van der Waals surface area (Å²) in [5.74, 6) is 2.02. The van der Waals surface area contributed by atoms with E-state index in [0.717, 1.165) is 11.3 Å². The lowest BCUT2D eigenvalue weighted by Gasteiger charge is -2.32. The second-order valence-corrected chi connectivity index (χ2v) is 5.51. The summed E-state index contributed by atoms with van der Waals surface area (Å²) in [6.07, 6.45) is 0. The molecule has 0 aliphatic rings. The van der Waals surface area contributed by atoms with E-state index in [1.165, 1.54) is 0 Å². The van der Waals surface area contributed by atoms with Crippen LogP contribution >= 0.6 is 0 Å². The van der Waals surface area contributed by atoms with Gasteiger partial charge in [-0.25, -0.2) is 0 Å². The quantitative estimate of drug-likeness (QED) is 0.890. The van der Waals surface area contributed by atoms with E-state index in [0.29, 0.717) is 11.5 Å². The summed E-state index contributed by atoms with van der Waals surface area (Å²) < 4.78 is 16.3. The van der Waals surface area contributed by atoms with Gasteiger partial charge in [-0.15, -0.1) is 0 Å². The second-order valence-electron chi connectivity index (χ2n) is 5.51. The number of hydrogen-bond acceptors (Lipinski definition) is 4. The summed E-state index contributed by atoms with van der Waals surface area (Å²) in [4.78, 5) is 0. The SMILES string of the molecule is CNC(c1ccc(OC)c(OC)c1OC)C(C)(C)C. The second kappa shape index (κ2) is 6.15. The molecule has 0 radical (unpaired) electrons. The Balaban J connectivity index is 3.43. The van der Waals surface area contributed by atoms with Gasteiger partial charge in [-0.05, 0) is 24.6 Å². The maximum atomic E-state index is 5.54. The van der Waals surface area contributed by atoms with Crippen molar-refractivity contribution < 1.29 is 14.2 Å². The molecule has 108 valence electrons. The molecule has 4 heteroatoms. The third kappa shape index (κ3) is 3.13. The molecule has 0 aromatic heterocycles. The lowest BCUT2D eigenvalue weighted by atomic mass is 9.82. The highest BCUT2D eigenvalue weighted by atomic mass is 16.5. The van der Waals surface area contributed by atoms with Gasteiger partial charge in [-0.3, -0.25) is 0 Å². The molecule has 1 N–H and O–H groups in total. The van der Waals surface area contributed by atoms with Crippen molar-refractivity contribution in [2.24, 2.45) is 5.41 Å². The lowest BCUT2D eigenvalue weighted by Crippen LogP contribution is -2.30. The van der Waals surface area contributed by atoms with E-state index in [4.69, 9.17) is 14.2 Å². The summed E-state index contributed by atoms with van der Waals surface area (Å²) in [7, 11) is 6.84. The Morgan fingerprint density at radius 3 is 1.89 bits per heavy atom. The van der Waals surface area contributed by atoms with E-state index in [1.807, 2.05) is 19.2 Å². The third-order valence-electron chi connectivity index (χ3n) is 3.20. The van der Waals surface area contributed by atoms with Gasteiger partial charge < -0.3 is 19.5 Å². The van der Waals surface area contributed by atoms with Crippen LogP contribution in [0.3, 0.4) is 0 Å². The molecule has 19 heavy (non-hydrogen) atoms. The largest absolute Gasteiger partial charge is 0.493 e. The molecule has 4 nitrogen and oxygen atoms in total. The minimum absolute atomic E-state index is 0.0572. The molecule has 1 atom stereocenters. The average Bonchev–Trinajstić information content (AvgIpc) is 2.36. The first-order valence-electron chi connectivity index (χ1n) is 6.36. The number of methoxy groups -OCH3 is 3. The van der Waals surface area contributed by atoms with Crippen LogP contribution < -0.4 is 19.5 Å². The Kier molecular flexibility index (Phi) is 5.06. The van der Waals surface area contributed by atoms with Gasteiger partial charge in [0.1, 0.15) is 0 Å². The van der Waals surface area contributed by atoms with Crippen molar-refractivity contribution in [3.63, 3.8) is 0 Å². The molecule has 0 spiro atoms. The van der Waals surface area contributed by atoms with E-state index in [2.05, 4.69) is 26.1 Å². The number of ether oxygens (including phenoxy) is 3. The molecule has 0 aliphatic carbocycles. The van der Waals surface area contributed by atoms with Crippen LogP contribution in [-0.4, -0.2) is 28.4 Å². The number of benzene rings is 1. The fourth-order valence-electron chi connectivity index (χ4n) is 2.41. The number of rotatable bonds is 5. The molecule has 0 aliphatic heterocycles. The van der Waals surface area contributed by atoms with Crippen molar-refractivity contribution in [3.8, 4) is 17.2 Å². The van der Waals surface area contributed by atoms with E-state index in [1.54, 1.807) is 21.3 Å². The topological polar surface area (TPSA) is 39.7 Å². The van der Waals surface area contributed by atoms with E-state index in [-0.39, 0.29) is 11.5 Å². The van der Waals surface area contributed by atoms with Gasteiger partial charge in [0.2, 0.25) is 5.75 Å². The van der Waals surface area contributed by atoms with Crippen molar-refractivity contribution in [1.82, 2.24) is 5.32 Å². The zero-order valence-corrected chi connectivity index (χ0v) is 13.0. The van der Waals surface area contributed by atoms with Crippen LogP contribution in [0.15, 0.2) is 12.1 Å². The molecule has 1 unspecified atom stereocenters. The van der Waals surface area contributed by atoms with Crippen LogP contribution in [0.4, 0.5) is 0 Å². The van der Waals surface area contributed by atoms with Crippen LogP contribution in [-0.2, 0) is 0 Å². The summed E-state index contributed by atoms with van der Waals surface area (Å²) in [6, 6.07) is 4.08. The zero-order valence-electron chi connectivity index (χ0n) is 13.0. The van der Waals surface area contributed by atoms with Crippen molar-refractivity contribution in [2.45, 2.75) is 26.8 Å². The Labute approximate surface area is 116 Å². The highest BCUT2D eigenvalue weighted by molar-refractivity contribution is 5.57. The Hall–Kier alpha value is -1.42. The molecule has 0 amide bonds. The monoisotopic (exact) mass is 267 g/mol. The van der Waals surface area contributed by atoms with Crippen LogP contribution in [0.25, 0.3) is 0 Å². The third-order valence-corrected chi connectivity index (χ3v) is 3.20. The van der Waals surface area contributed by atoms with Gasteiger partial charge >= 0.3 is 0 Å². The van der Waals surface area contributed by atoms with E-state index in [9.17, 15) is 0 Å². The molecular weight excluding hydrogens is 242 g/mol. The molecule has 0 heterocycles. The fourth-order valence-corrected chi connectivity index (χ4v) is 2.41. The Morgan fingerprint density at radius 2 is 1.53 bits per heavy atom. The molecule has 0 bridgehead atoms. The summed E-state index contributed by atoms with van der Waals surface area (Å²) in [5, 5.41) is 3.35. The first kappa shape index (κ1) is 15.6. The normalized spacial score (nSPS) is 13.0. The fraction of sp³-hybridized carbons (Fsp3) is 0.600. The van der Waals surface area contributed by atoms with E-state index < -0.39 is 0 Å². The van der Waals surface area contributed by atoms with Gasteiger partial charge in [-0.1, -0.05) is 20.8 Å². The van der Waals surface area contributed by atoms with E-state index >= 15 is 0 Å². The van der Waals surface area contributed by atoms with Gasteiger partial charge in [-0.2, -0.15) is 0 Å². The van der Waals surface area contributed by atoms with Crippen LogP contribution in [0.1, 0.15) is 32.4 Å². The summed E-state index contributed by atoms with van der Waals surface area (Å²) >= 11 is 0. The lowest BCUT2D eigenvalue weighted by molar-refractivity contribution is 0.270. The number of hydrogen-bond donors (Lipinski definition) is 1. The Morgan fingerprint density at radius 1 is 0.947 bits per heavy atom. The highest BCUT2D eigenvalue weighted by Gasteiger charge is 2.29. The molecule has 0 fully saturated rings. The predicted octanol–water partition coefficient (Wildman–Crippen LogP) is 3.02. The maximum absolute atomic E-state index is 5.54. The molecular formula is C15H25NO3. The summed E-state index contributed by atoms with van der Waals surface area (Å²) in [5.41, 5.74) is 1.12. The van der Waals surface area contributed by atoms with Crippen molar-refractivity contribution in [1.29, 1.82) is 0 Å². The van der Waals surface area contributed by atoms with Crippen molar-refractivity contribution in [2.75, 3.05) is 28.4 Å². The molecule has 1 aromatic rings. The first-order chi connectivity index (χ1) is 8.90. The summed E-state index contributed by atoms with van der Waals surface area (Å²) in [6.45, 7) is 6.55. The maximum Gasteiger partial charge on any atom is 0.203 e. The molecule has 1 rings (SSSR count). The molecule has 0 saturated heterocycles. The minimum atomic E-state index is 0.0572.